The molecule has 1 fully saturated rings. The summed E-state index contributed by atoms with van der Waals surface area (Å²) < 4.78 is 32.2. The van der Waals surface area contributed by atoms with E-state index in [2.05, 4.69) is 4.72 Å². The highest BCUT2D eigenvalue weighted by molar-refractivity contribution is 7.89. The number of rotatable bonds is 7. The second-order valence-electron chi connectivity index (χ2n) is 6.71. The van der Waals surface area contributed by atoms with E-state index in [4.69, 9.17) is 22.1 Å². The van der Waals surface area contributed by atoms with Gasteiger partial charge in [0.2, 0.25) is 15.9 Å². The average molecular weight is 418 g/mol. The molecule has 0 radical (unpaired) electrons. The maximum atomic E-state index is 12.2. The zero-order chi connectivity index (χ0) is 20.2. The topological polar surface area (TPSA) is 119 Å². The van der Waals surface area contributed by atoms with Gasteiger partial charge in [-0.1, -0.05) is 11.6 Å². The summed E-state index contributed by atoms with van der Waals surface area (Å²) in [4.78, 5) is 25.0. The number of nitrogens with two attached hydrogens (primary N) is 1. The Balaban J connectivity index is 1.95. The van der Waals surface area contributed by atoms with Gasteiger partial charge in [-0.05, 0) is 44.9 Å². The number of halogens is 1. The van der Waals surface area contributed by atoms with Crippen molar-refractivity contribution < 1.29 is 22.7 Å². The second kappa shape index (κ2) is 8.90. The first-order chi connectivity index (χ1) is 12.6. The van der Waals surface area contributed by atoms with Gasteiger partial charge in [0.1, 0.15) is 5.75 Å². The van der Waals surface area contributed by atoms with Crippen LogP contribution in [0.15, 0.2) is 23.1 Å². The van der Waals surface area contributed by atoms with E-state index in [1.54, 1.807) is 18.7 Å². The first-order valence-electron chi connectivity index (χ1n) is 8.62. The minimum Gasteiger partial charge on any atom is -0.482 e. The lowest BCUT2D eigenvalue weighted by Gasteiger charge is -2.30. The third-order valence-electron chi connectivity index (χ3n) is 4.21. The number of nitrogens with zero attached hydrogens (tertiary/aromatic N) is 1. The van der Waals surface area contributed by atoms with Crippen LogP contribution in [0.1, 0.15) is 26.7 Å². The van der Waals surface area contributed by atoms with E-state index in [1.165, 1.54) is 18.2 Å². The van der Waals surface area contributed by atoms with Crippen LogP contribution < -0.4 is 15.2 Å². The fraction of sp³-hybridized carbons (Fsp3) is 0.529. The van der Waals surface area contributed by atoms with Crippen molar-refractivity contribution in [2.24, 2.45) is 11.7 Å². The van der Waals surface area contributed by atoms with E-state index in [0.29, 0.717) is 25.9 Å². The minimum absolute atomic E-state index is 0.0217. The fourth-order valence-corrected chi connectivity index (χ4v) is 4.36. The first-order valence-corrected chi connectivity index (χ1v) is 10.5. The Bertz CT molecular complexity index is 805. The van der Waals surface area contributed by atoms with Crippen LogP contribution in [0.4, 0.5) is 0 Å². The quantitative estimate of drug-likeness (QED) is 0.689. The van der Waals surface area contributed by atoms with E-state index in [0.717, 1.165) is 0 Å². The van der Waals surface area contributed by atoms with Gasteiger partial charge in [0.15, 0.2) is 6.61 Å². The molecule has 1 aliphatic rings. The van der Waals surface area contributed by atoms with Crippen molar-refractivity contribution in [1.82, 2.24) is 9.62 Å². The van der Waals surface area contributed by atoms with E-state index in [1.807, 2.05) is 0 Å². The SMILES string of the molecule is CC(C)NS(=O)(=O)c1ccc(OCC(=O)N2CCC(C(N)=O)CC2)c(Cl)c1. The van der Waals surface area contributed by atoms with Gasteiger partial charge in [-0.3, -0.25) is 9.59 Å². The Kier molecular flexibility index (Phi) is 7.07. The summed E-state index contributed by atoms with van der Waals surface area (Å²) in [5.74, 6) is -0.543. The Hall–Kier alpha value is -1.84. The van der Waals surface area contributed by atoms with Crippen molar-refractivity contribution in [3.8, 4) is 5.75 Å². The molecular formula is C17H24ClN3O5S. The van der Waals surface area contributed by atoms with Gasteiger partial charge in [0.05, 0.1) is 9.92 Å². The number of nitrogens with one attached hydrogen (secondary N) is 1. The lowest BCUT2D eigenvalue weighted by Crippen LogP contribution is -2.43. The molecule has 1 aromatic rings. The number of primary amides is 1. The summed E-state index contributed by atoms with van der Waals surface area (Å²) in [6.45, 7) is 4.10. The smallest absolute Gasteiger partial charge is 0.260 e. The van der Waals surface area contributed by atoms with E-state index >= 15 is 0 Å². The molecule has 150 valence electrons. The fourth-order valence-electron chi connectivity index (χ4n) is 2.79. The molecule has 0 bridgehead atoms. The molecule has 27 heavy (non-hydrogen) atoms. The maximum absolute atomic E-state index is 12.2. The molecule has 8 nitrogen and oxygen atoms in total. The van der Waals surface area contributed by atoms with Crippen LogP contribution in [0, 0.1) is 5.92 Å². The molecule has 0 aliphatic carbocycles. The Morgan fingerprint density at radius 2 is 1.96 bits per heavy atom. The standard InChI is InChI=1S/C17H24ClN3O5S/c1-11(2)20-27(24,25)13-3-4-15(14(18)9-13)26-10-16(22)21-7-5-12(6-8-21)17(19)23/h3-4,9,11-12,20H,5-8,10H2,1-2H3,(H2,19,23). The summed E-state index contributed by atoms with van der Waals surface area (Å²) in [5.41, 5.74) is 5.28. The molecule has 3 N–H and O–H groups in total. The number of sulfonamides is 1. The molecule has 2 amide bonds. The molecule has 1 aliphatic heterocycles. The lowest BCUT2D eigenvalue weighted by atomic mass is 9.96. The number of carbonyl (C=O) groups is 2. The number of hydrogen-bond acceptors (Lipinski definition) is 5. The van der Waals surface area contributed by atoms with Crippen LogP contribution in [-0.4, -0.2) is 50.9 Å². The molecule has 2 rings (SSSR count). The number of piperidine rings is 1. The van der Waals surface area contributed by atoms with Crippen molar-refractivity contribution in [3.63, 3.8) is 0 Å². The van der Waals surface area contributed by atoms with E-state index in [-0.39, 0.29) is 46.0 Å². The molecule has 1 aromatic carbocycles. The summed E-state index contributed by atoms with van der Waals surface area (Å²) in [6.07, 6.45) is 1.08. The largest absolute Gasteiger partial charge is 0.482 e. The van der Waals surface area contributed by atoms with Crippen LogP contribution in [0.2, 0.25) is 5.02 Å². The van der Waals surface area contributed by atoms with Crippen LogP contribution in [0.3, 0.4) is 0 Å². The number of carbonyl (C=O) groups excluding carboxylic acids is 2. The average Bonchev–Trinajstić information content (AvgIpc) is 2.59. The van der Waals surface area contributed by atoms with Gasteiger partial charge in [-0.2, -0.15) is 0 Å². The molecule has 10 heteroatoms. The first kappa shape index (κ1) is 21.5. The minimum atomic E-state index is -3.66. The van der Waals surface area contributed by atoms with Gasteiger partial charge in [0, 0.05) is 25.0 Å². The highest BCUT2D eigenvalue weighted by Crippen LogP contribution is 2.27. The number of benzene rings is 1. The molecule has 1 heterocycles. The third-order valence-corrected chi connectivity index (χ3v) is 6.16. The Morgan fingerprint density at radius 3 is 2.48 bits per heavy atom. The van der Waals surface area contributed by atoms with Crippen LogP contribution in [0.25, 0.3) is 0 Å². The van der Waals surface area contributed by atoms with Gasteiger partial charge < -0.3 is 15.4 Å². The zero-order valence-electron chi connectivity index (χ0n) is 15.3. The van der Waals surface area contributed by atoms with Crippen molar-refractivity contribution in [2.75, 3.05) is 19.7 Å². The predicted molar refractivity (Wildman–Crippen MR) is 101 cm³/mol. The summed E-state index contributed by atoms with van der Waals surface area (Å²) in [6, 6.07) is 3.82. The van der Waals surface area contributed by atoms with E-state index in [9.17, 15) is 18.0 Å². The molecule has 0 spiro atoms. The highest BCUT2D eigenvalue weighted by Gasteiger charge is 2.26. The van der Waals surface area contributed by atoms with Crippen LogP contribution >= 0.6 is 11.6 Å². The predicted octanol–water partition coefficient (Wildman–Crippen LogP) is 1.13. The Labute approximate surface area is 164 Å². The third kappa shape index (κ3) is 5.82. The number of hydrogen-bond donors (Lipinski definition) is 2. The van der Waals surface area contributed by atoms with Crippen molar-refractivity contribution in [2.45, 2.75) is 37.6 Å². The summed E-state index contributed by atoms with van der Waals surface area (Å²) >= 11 is 6.10. The van der Waals surface area contributed by atoms with Gasteiger partial charge in [-0.15, -0.1) is 0 Å². The molecule has 0 unspecified atom stereocenters. The molecule has 0 atom stereocenters. The molecule has 0 aromatic heterocycles. The number of ether oxygens (including phenoxy) is 1. The summed E-state index contributed by atoms with van der Waals surface area (Å²) in [7, 11) is -3.66. The van der Waals surface area contributed by atoms with Gasteiger partial charge >= 0.3 is 0 Å². The number of likely N-dealkylation sites (tertiary alicyclic amines) is 1. The lowest BCUT2D eigenvalue weighted by molar-refractivity contribution is -0.136. The number of amides is 2. The van der Waals surface area contributed by atoms with Gasteiger partial charge in [-0.25, -0.2) is 13.1 Å². The molecule has 1 saturated heterocycles. The van der Waals surface area contributed by atoms with Crippen LogP contribution in [0.5, 0.6) is 5.75 Å². The summed E-state index contributed by atoms with van der Waals surface area (Å²) in [5, 5.41) is 0.0990. The maximum Gasteiger partial charge on any atom is 0.260 e. The van der Waals surface area contributed by atoms with Crippen molar-refractivity contribution in [3.05, 3.63) is 23.2 Å². The van der Waals surface area contributed by atoms with E-state index < -0.39 is 10.0 Å². The molecular weight excluding hydrogens is 394 g/mol. The highest BCUT2D eigenvalue weighted by atomic mass is 35.5. The Morgan fingerprint density at radius 1 is 1.33 bits per heavy atom. The second-order valence-corrected chi connectivity index (χ2v) is 8.84. The molecule has 0 saturated carbocycles. The monoisotopic (exact) mass is 417 g/mol. The van der Waals surface area contributed by atoms with Crippen molar-refractivity contribution in [1.29, 1.82) is 0 Å². The van der Waals surface area contributed by atoms with Crippen molar-refractivity contribution >= 4 is 33.4 Å². The normalized spacial score (nSPS) is 15.8. The zero-order valence-corrected chi connectivity index (χ0v) is 16.8. The van der Waals surface area contributed by atoms with Crippen LogP contribution in [-0.2, 0) is 19.6 Å². The van der Waals surface area contributed by atoms with Gasteiger partial charge in [0.25, 0.3) is 5.91 Å².